The van der Waals surface area contributed by atoms with Crippen LogP contribution in [0.2, 0.25) is 0 Å². The first-order valence-corrected chi connectivity index (χ1v) is 4.56. The van der Waals surface area contributed by atoms with Crippen LogP contribution in [0.1, 0.15) is 20.3 Å². The lowest BCUT2D eigenvalue weighted by Gasteiger charge is -2.31. The summed E-state index contributed by atoms with van der Waals surface area (Å²) in [5.41, 5.74) is 0. The van der Waals surface area contributed by atoms with E-state index in [1.54, 1.807) is 0 Å². The smallest absolute Gasteiger partial charge is 0.308 e. The highest BCUT2D eigenvalue weighted by molar-refractivity contribution is 5.70. The maximum atomic E-state index is 10.8. The fourth-order valence-corrected chi connectivity index (χ4v) is 1.95. The molecule has 2 unspecified atom stereocenters. The molecule has 1 aliphatic rings. The van der Waals surface area contributed by atoms with Crippen LogP contribution in [0.15, 0.2) is 0 Å². The zero-order valence-corrected chi connectivity index (χ0v) is 7.71. The molecule has 0 amide bonds. The molecule has 3 nitrogen and oxygen atoms in total. The lowest BCUT2D eigenvalue weighted by Crippen LogP contribution is -2.42. The number of nitrogens with one attached hydrogen (secondary N) is 1. The number of piperidine rings is 1. The second-order valence-electron chi connectivity index (χ2n) is 3.85. The van der Waals surface area contributed by atoms with Crippen LogP contribution in [0.25, 0.3) is 0 Å². The van der Waals surface area contributed by atoms with Crippen molar-refractivity contribution in [2.75, 3.05) is 13.1 Å². The summed E-state index contributed by atoms with van der Waals surface area (Å²) in [4.78, 5) is 10.8. The number of carboxylic acids is 1. The van der Waals surface area contributed by atoms with Crippen molar-refractivity contribution in [2.24, 2.45) is 17.8 Å². The standard InChI is InChI=1S/C9H17NO2/c1-6(2)7-3-4-10-5-8(7)9(11)12/h6-8,10H,3-5H2,1-2H3,(H,11,12). The highest BCUT2D eigenvalue weighted by Crippen LogP contribution is 2.26. The van der Waals surface area contributed by atoms with Gasteiger partial charge in [-0.15, -0.1) is 0 Å². The van der Waals surface area contributed by atoms with Crippen molar-refractivity contribution in [3.05, 3.63) is 0 Å². The normalized spacial score (nSPS) is 30.6. The molecular weight excluding hydrogens is 154 g/mol. The van der Waals surface area contributed by atoms with Gasteiger partial charge in [-0.3, -0.25) is 4.79 Å². The Balaban J connectivity index is 2.60. The molecule has 1 saturated heterocycles. The molecule has 0 aliphatic carbocycles. The van der Waals surface area contributed by atoms with E-state index in [0.29, 0.717) is 18.4 Å². The topological polar surface area (TPSA) is 49.3 Å². The summed E-state index contributed by atoms with van der Waals surface area (Å²) in [5.74, 6) is -0.00315. The third kappa shape index (κ3) is 1.97. The summed E-state index contributed by atoms with van der Waals surface area (Å²) in [6, 6.07) is 0. The predicted octanol–water partition coefficient (Wildman–Crippen LogP) is 0.953. The van der Waals surface area contributed by atoms with Crippen molar-refractivity contribution in [3.63, 3.8) is 0 Å². The van der Waals surface area contributed by atoms with Crippen LogP contribution in [0.5, 0.6) is 0 Å². The van der Waals surface area contributed by atoms with Crippen LogP contribution in [-0.2, 0) is 4.79 Å². The minimum atomic E-state index is -0.652. The van der Waals surface area contributed by atoms with Crippen molar-refractivity contribution in [1.29, 1.82) is 0 Å². The third-order valence-electron chi connectivity index (χ3n) is 2.71. The van der Waals surface area contributed by atoms with Gasteiger partial charge >= 0.3 is 5.97 Å². The van der Waals surface area contributed by atoms with E-state index in [2.05, 4.69) is 19.2 Å². The fourth-order valence-electron chi connectivity index (χ4n) is 1.95. The van der Waals surface area contributed by atoms with Crippen LogP contribution in [0, 0.1) is 17.8 Å². The van der Waals surface area contributed by atoms with E-state index < -0.39 is 5.97 Å². The van der Waals surface area contributed by atoms with E-state index in [1.165, 1.54) is 0 Å². The van der Waals surface area contributed by atoms with Crippen LogP contribution in [0.3, 0.4) is 0 Å². The quantitative estimate of drug-likeness (QED) is 0.650. The minimum absolute atomic E-state index is 0.182. The molecule has 0 aromatic heterocycles. The maximum Gasteiger partial charge on any atom is 0.308 e. The molecule has 1 fully saturated rings. The molecule has 0 spiro atoms. The van der Waals surface area contributed by atoms with Crippen LogP contribution < -0.4 is 5.32 Å². The Labute approximate surface area is 73.2 Å². The lowest BCUT2D eigenvalue weighted by molar-refractivity contribution is -0.145. The highest BCUT2D eigenvalue weighted by atomic mass is 16.4. The van der Waals surface area contributed by atoms with Gasteiger partial charge in [0.05, 0.1) is 5.92 Å². The van der Waals surface area contributed by atoms with Crippen molar-refractivity contribution in [1.82, 2.24) is 5.32 Å². The van der Waals surface area contributed by atoms with Crippen molar-refractivity contribution in [3.8, 4) is 0 Å². The Hall–Kier alpha value is -0.570. The number of rotatable bonds is 2. The molecule has 0 bridgehead atoms. The molecule has 2 atom stereocenters. The number of aliphatic carboxylic acids is 1. The number of carbonyl (C=O) groups is 1. The molecule has 12 heavy (non-hydrogen) atoms. The second-order valence-corrected chi connectivity index (χ2v) is 3.85. The van der Waals surface area contributed by atoms with E-state index in [4.69, 9.17) is 5.11 Å². The maximum absolute atomic E-state index is 10.8. The molecule has 0 saturated carbocycles. The first-order valence-electron chi connectivity index (χ1n) is 4.56. The van der Waals surface area contributed by atoms with E-state index in [0.717, 1.165) is 13.0 Å². The summed E-state index contributed by atoms with van der Waals surface area (Å²) in [6.45, 7) is 5.81. The summed E-state index contributed by atoms with van der Waals surface area (Å²) in [5, 5.41) is 12.0. The van der Waals surface area contributed by atoms with Gasteiger partial charge < -0.3 is 10.4 Å². The van der Waals surface area contributed by atoms with Crippen LogP contribution >= 0.6 is 0 Å². The van der Waals surface area contributed by atoms with Crippen LogP contribution in [-0.4, -0.2) is 24.2 Å². The highest BCUT2D eigenvalue weighted by Gasteiger charge is 2.32. The van der Waals surface area contributed by atoms with E-state index in [-0.39, 0.29) is 5.92 Å². The van der Waals surface area contributed by atoms with Gasteiger partial charge in [0.15, 0.2) is 0 Å². The van der Waals surface area contributed by atoms with Crippen molar-refractivity contribution in [2.45, 2.75) is 20.3 Å². The number of hydrogen-bond donors (Lipinski definition) is 2. The van der Waals surface area contributed by atoms with Crippen LogP contribution in [0.4, 0.5) is 0 Å². The summed E-state index contributed by atoms with van der Waals surface area (Å²) in [7, 11) is 0. The average molecular weight is 171 g/mol. The largest absolute Gasteiger partial charge is 0.481 e. The molecule has 2 N–H and O–H groups in total. The fraction of sp³-hybridized carbons (Fsp3) is 0.889. The van der Waals surface area contributed by atoms with Gasteiger partial charge in [-0.25, -0.2) is 0 Å². The Morgan fingerprint density at radius 3 is 2.67 bits per heavy atom. The predicted molar refractivity (Wildman–Crippen MR) is 46.9 cm³/mol. The second kappa shape index (κ2) is 3.90. The summed E-state index contributed by atoms with van der Waals surface area (Å²) < 4.78 is 0. The Morgan fingerprint density at radius 2 is 2.25 bits per heavy atom. The van der Waals surface area contributed by atoms with Crippen molar-refractivity contribution >= 4 is 5.97 Å². The zero-order chi connectivity index (χ0) is 9.14. The zero-order valence-electron chi connectivity index (χ0n) is 7.71. The molecule has 3 heteroatoms. The molecule has 1 aliphatic heterocycles. The SMILES string of the molecule is CC(C)C1CCNCC1C(=O)O. The summed E-state index contributed by atoms with van der Waals surface area (Å²) in [6.07, 6.45) is 0.995. The van der Waals surface area contributed by atoms with Crippen molar-refractivity contribution < 1.29 is 9.90 Å². The first kappa shape index (κ1) is 9.52. The first-order chi connectivity index (χ1) is 5.63. The molecule has 0 aromatic rings. The molecule has 0 radical (unpaired) electrons. The molecule has 0 aromatic carbocycles. The van der Waals surface area contributed by atoms with Gasteiger partial charge in [-0.1, -0.05) is 13.8 Å². The molecular formula is C9H17NO2. The third-order valence-corrected chi connectivity index (χ3v) is 2.71. The Kier molecular flexibility index (Phi) is 3.09. The van der Waals surface area contributed by atoms with E-state index in [9.17, 15) is 4.79 Å². The van der Waals surface area contributed by atoms with E-state index >= 15 is 0 Å². The van der Waals surface area contributed by atoms with Gasteiger partial charge in [-0.2, -0.15) is 0 Å². The lowest BCUT2D eigenvalue weighted by atomic mass is 9.79. The minimum Gasteiger partial charge on any atom is -0.481 e. The van der Waals surface area contributed by atoms with Gasteiger partial charge in [0.25, 0.3) is 0 Å². The van der Waals surface area contributed by atoms with Gasteiger partial charge in [0.2, 0.25) is 0 Å². The Morgan fingerprint density at radius 1 is 1.58 bits per heavy atom. The average Bonchev–Trinajstić information content (AvgIpc) is 2.04. The number of carboxylic acid groups (broad SMARTS) is 1. The van der Waals surface area contributed by atoms with Gasteiger partial charge in [0.1, 0.15) is 0 Å². The van der Waals surface area contributed by atoms with Gasteiger partial charge in [0, 0.05) is 6.54 Å². The molecule has 1 rings (SSSR count). The number of hydrogen-bond acceptors (Lipinski definition) is 2. The summed E-state index contributed by atoms with van der Waals surface area (Å²) >= 11 is 0. The van der Waals surface area contributed by atoms with Gasteiger partial charge in [-0.05, 0) is 24.8 Å². The van der Waals surface area contributed by atoms with E-state index in [1.807, 2.05) is 0 Å². The Bertz CT molecular complexity index is 168. The molecule has 70 valence electrons. The monoisotopic (exact) mass is 171 g/mol. The molecule has 1 heterocycles.